The lowest BCUT2D eigenvalue weighted by Gasteiger charge is -2.11. The van der Waals surface area contributed by atoms with E-state index in [4.69, 9.17) is 0 Å². The molecule has 144 valence electrons. The predicted octanol–water partition coefficient (Wildman–Crippen LogP) is 4.22. The van der Waals surface area contributed by atoms with Gasteiger partial charge < -0.3 is 0 Å². The minimum atomic E-state index is -3.92. The van der Waals surface area contributed by atoms with Gasteiger partial charge in [-0.2, -0.15) is 25.6 Å². The number of hydrogen-bond acceptors (Lipinski definition) is 4. The van der Waals surface area contributed by atoms with Crippen LogP contribution in [0.3, 0.4) is 0 Å². The third kappa shape index (κ3) is 4.75. The minimum absolute atomic E-state index is 0.0541. The van der Waals surface area contributed by atoms with Gasteiger partial charge in [-0.1, -0.05) is 36.4 Å². The molecule has 6 nitrogen and oxygen atoms in total. The van der Waals surface area contributed by atoms with Crippen molar-refractivity contribution >= 4 is 63.3 Å². The van der Waals surface area contributed by atoms with Crippen LogP contribution in [-0.2, 0) is 20.0 Å². The second-order valence-electron chi connectivity index (χ2n) is 5.51. The number of hydrogen-bond donors (Lipinski definition) is 0. The molecule has 2 aromatic carbocycles. The molecule has 0 radical (unpaired) electrons. The summed E-state index contributed by atoms with van der Waals surface area (Å²) in [6, 6.07) is 15.6. The van der Waals surface area contributed by atoms with Crippen molar-refractivity contribution in [2.75, 3.05) is 0 Å². The molecule has 0 unspecified atom stereocenters. The first-order chi connectivity index (χ1) is 13.2. The summed E-state index contributed by atoms with van der Waals surface area (Å²) >= 11 is 6.47. The Labute approximate surface area is 179 Å². The Kier molecular flexibility index (Phi) is 6.13. The summed E-state index contributed by atoms with van der Waals surface area (Å²) < 4.78 is 58.0. The van der Waals surface area contributed by atoms with Crippen molar-refractivity contribution in [3.8, 4) is 0 Å². The van der Waals surface area contributed by atoms with Crippen molar-refractivity contribution in [1.82, 2.24) is 0 Å². The quantitative estimate of drug-likeness (QED) is 0.540. The van der Waals surface area contributed by atoms with Gasteiger partial charge in [-0.15, -0.1) is 0 Å². The van der Waals surface area contributed by atoms with Crippen LogP contribution in [0.5, 0.6) is 0 Å². The van der Waals surface area contributed by atoms with E-state index in [1.165, 1.54) is 36.4 Å². The van der Waals surface area contributed by atoms with Gasteiger partial charge >= 0.3 is 0 Å². The molecule has 0 heterocycles. The number of nitrogens with zero attached hydrogens (tertiary/aromatic N) is 2. The summed E-state index contributed by atoms with van der Waals surface area (Å²) in [5.74, 6) is 0. The highest BCUT2D eigenvalue weighted by Crippen LogP contribution is 2.26. The average Bonchev–Trinajstić information content (AvgIpc) is 2.67. The van der Waals surface area contributed by atoms with E-state index in [1.807, 2.05) is 0 Å². The Morgan fingerprint density at radius 1 is 0.571 bits per heavy atom. The molecule has 3 rings (SSSR count). The summed E-state index contributed by atoms with van der Waals surface area (Å²) in [4.78, 5) is 0.108. The van der Waals surface area contributed by atoms with Crippen molar-refractivity contribution in [3.05, 3.63) is 81.8 Å². The Balaban J connectivity index is 1.99. The largest absolute Gasteiger partial charge is 0.282 e. The molecule has 0 fully saturated rings. The van der Waals surface area contributed by atoms with E-state index in [2.05, 4.69) is 40.7 Å². The lowest BCUT2D eigenvalue weighted by Crippen LogP contribution is -2.12. The molecule has 0 bridgehead atoms. The molecule has 2 aromatic rings. The zero-order valence-corrected chi connectivity index (χ0v) is 18.8. The highest BCUT2D eigenvalue weighted by atomic mass is 79.9. The van der Waals surface area contributed by atoms with Crippen LogP contribution in [0.2, 0.25) is 0 Å². The van der Waals surface area contributed by atoms with E-state index in [1.54, 1.807) is 36.4 Å². The molecule has 1 aliphatic carbocycles. The molecule has 0 spiro atoms. The molecule has 0 aromatic heterocycles. The van der Waals surface area contributed by atoms with Gasteiger partial charge in [-0.25, -0.2) is 0 Å². The molecular formula is C18H12Br2N2O4S2. The maximum absolute atomic E-state index is 12.4. The summed E-state index contributed by atoms with van der Waals surface area (Å²) in [7, 11) is -7.84. The van der Waals surface area contributed by atoms with Gasteiger partial charge in [0.05, 0.1) is 21.2 Å². The second-order valence-corrected chi connectivity index (χ2v) is 10.4. The van der Waals surface area contributed by atoms with E-state index >= 15 is 0 Å². The highest BCUT2D eigenvalue weighted by Gasteiger charge is 2.21. The van der Waals surface area contributed by atoms with Crippen molar-refractivity contribution in [1.29, 1.82) is 0 Å². The minimum Gasteiger partial charge on any atom is -0.199 e. The monoisotopic (exact) mass is 542 g/mol. The summed E-state index contributed by atoms with van der Waals surface area (Å²) in [6.45, 7) is 0. The van der Waals surface area contributed by atoms with Gasteiger partial charge in [0, 0.05) is 8.96 Å². The van der Waals surface area contributed by atoms with Gasteiger partial charge in [0.1, 0.15) is 0 Å². The number of benzene rings is 2. The Morgan fingerprint density at radius 2 is 0.893 bits per heavy atom. The molecule has 0 atom stereocenters. The van der Waals surface area contributed by atoms with E-state index in [0.717, 1.165) is 0 Å². The molecular weight excluding hydrogens is 532 g/mol. The summed E-state index contributed by atoms with van der Waals surface area (Å²) in [5.41, 5.74) is 0.235. The predicted molar refractivity (Wildman–Crippen MR) is 116 cm³/mol. The molecule has 0 saturated heterocycles. The lowest BCUT2D eigenvalue weighted by atomic mass is 10.1. The number of rotatable bonds is 4. The van der Waals surface area contributed by atoms with Gasteiger partial charge in [0.25, 0.3) is 20.0 Å². The molecule has 0 aliphatic heterocycles. The fourth-order valence-electron chi connectivity index (χ4n) is 2.22. The molecule has 0 amide bonds. The smallest absolute Gasteiger partial charge is 0.199 e. The maximum atomic E-state index is 12.4. The van der Waals surface area contributed by atoms with Crippen molar-refractivity contribution < 1.29 is 16.8 Å². The molecule has 10 heteroatoms. The standard InChI is InChI=1S/C18H12Br2N2O4S2/c19-15-12-18(22-28(25,26)14-9-5-2-6-10-14)16(20)11-17(15)21-27(23,24)13-7-3-1-4-8-13/h1-12H/b21-17+,22-18+. The maximum Gasteiger partial charge on any atom is 0.282 e. The van der Waals surface area contributed by atoms with Crippen LogP contribution < -0.4 is 0 Å². The average molecular weight is 544 g/mol. The van der Waals surface area contributed by atoms with E-state index in [9.17, 15) is 16.8 Å². The first kappa shape index (κ1) is 20.8. The second kappa shape index (κ2) is 8.24. The third-order valence-electron chi connectivity index (χ3n) is 3.54. The normalized spacial score (nSPS) is 18.1. The van der Waals surface area contributed by atoms with Crippen LogP contribution in [-0.4, -0.2) is 28.3 Å². The fourth-order valence-corrected chi connectivity index (χ4v) is 5.32. The van der Waals surface area contributed by atoms with Crippen LogP contribution in [0.1, 0.15) is 0 Å². The van der Waals surface area contributed by atoms with Gasteiger partial charge in [0.15, 0.2) is 0 Å². The molecule has 28 heavy (non-hydrogen) atoms. The van der Waals surface area contributed by atoms with Gasteiger partial charge in [-0.05, 0) is 68.3 Å². The topological polar surface area (TPSA) is 93.0 Å². The van der Waals surface area contributed by atoms with Crippen LogP contribution in [0.4, 0.5) is 0 Å². The van der Waals surface area contributed by atoms with Crippen molar-refractivity contribution in [2.45, 2.75) is 9.79 Å². The van der Waals surface area contributed by atoms with Crippen LogP contribution in [0.25, 0.3) is 0 Å². The van der Waals surface area contributed by atoms with Crippen molar-refractivity contribution in [3.63, 3.8) is 0 Å². The first-order valence-corrected chi connectivity index (χ1v) is 12.2. The lowest BCUT2D eigenvalue weighted by molar-refractivity contribution is 0.596. The van der Waals surface area contributed by atoms with Crippen LogP contribution >= 0.6 is 31.9 Å². The van der Waals surface area contributed by atoms with E-state index in [-0.39, 0.29) is 30.2 Å². The zero-order chi connectivity index (χ0) is 20.4. The Hall–Kier alpha value is -1.88. The van der Waals surface area contributed by atoms with Gasteiger partial charge in [-0.3, -0.25) is 0 Å². The van der Waals surface area contributed by atoms with Crippen molar-refractivity contribution in [2.24, 2.45) is 8.80 Å². The van der Waals surface area contributed by atoms with Crippen LogP contribution in [0, 0.1) is 0 Å². The van der Waals surface area contributed by atoms with E-state index < -0.39 is 20.0 Å². The summed E-state index contributed by atoms with van der Waals surface area (Å²) in [5, 5.41) is 0. The van der Waals surface area contributed by atoms with E-state index in [0.29, 0.717) is 0 Å². The Bertz CT molecular complexity index is 1130. The summed E-state index contributed by atoms with van der Waals surface area (Å²) in [6.07, 6.45) is 2.79. The molecule has 0 saturated carbocycles. The Morgan fingerprint density at radius 3 is 1.21 bits per heavy atom. The highest BCUT2D eigenvalue weighted by molar-refractivity contribution is 9.12. The number of halogens is 2. The molecule has 1 aliphatic rings. The number of allylic oxidation sites excluding steroid dienone is 4. The fraction of sp³-hybridized carbons (Fsp3) is 0. The van der Waals surface area contributed by atoms with Gasteiger partial charge in [0.2, 0.25) is 0 Å². The number of sulfonamides is 2. The zero-order valence-electron chi connectivity index (χ0n) is 14.0. The molecule has 0 N–H and O–H groups in total. The van der Waals surface area contributed by atoms with Crippen LogP contribution in [0.15, 0.2) is 100 Å². The third-order valence-corrected chi connectivity index (χ3v) is 7.42. The first-order valence-electron chi connectivity index (χ1n) is 7.74. The SMILES string of the molecule is O=S(=O)(/N=C1C=C(Br)/C(=N/S(=O)(=O)c2ccccc2)C=C\1Br)c1ccccc1.